The first-order valence-corrected chi connectivity index (χ1v) is 6.35. The second-order valence-electron chi connectivity index (χ2n) is 4.57. The lowest BCUT2D eigenvalue weighted by Crippen LogP contribution is -2.43. The topological polar surface area (TPSA) is 54.2 Å². The number of rotatable bonds is 5. The molecule has 0 saturated carbocycles. The second-order valence-corrected chi connectivity index (χ2v) is 4.57. The van der Waals surface area contributed by atoms with Crippen molar-refractivity contribution >= 4 is 12.2 Å². The molecule has 0 unspecified atom stereocenters. The van der Waals surface area contributed by atoms with E-state index in [9.17, 15) is 0 Å². The summed E-state index contributed by atoms with van der Waals surface area (Å²) < 4.78 is 4.70. The molecular formula is C13H20N4O. The molecule has 0 aliphatic carbocycles. The highest BCUT2D eigenvalue weighted by Crippen LogP contribution is 2.12. The maximum atomic E-state index is 4.70. The minimum absolute atomic E-state index is 0.705. The summed E-state index contributed by atoms with van der Waals surface area (Å²) in [7, 11) is 0. The van der Waals surface area contributed by atoms with E-state index in [-0.39, 0.29) is 0 Å². The van der Waals surface area contributed by atoms with Gasteiger partial charge in [0.1, 0.15) is 11.4 Å². The maximum Gasteiger partial charge on any atom is 0.135 e. The van der Waals surface area contributed by atoms with E-state index in [0.717, 1.165) is 44.8 Å². The van der Waals surface area contributed by atoms with Crippen molar-refractivity contribution < 1.29 is 4.63 Å². The van der Waals surface area contributed by atoms with Crippen molar-refractivity contribution in [3.8, 4) is 0 Å². The molecule has 5 nitrogen and oxygen atoms in total. The van der Waals surface area contributed by atoms with Crippen molar-refractivity contribution in [2.75, 3.05) is 32.7 Å². The van der Waals surface area contributed by atoms with E-state index in [1.165, 1.54) is 5.57 Å². The molecule has 1 saturated heterocycles. The fourth-order valence-electron chi connectivity index (χ4n) is 2.02. The molecule has 1 aliphatic rings. The molecule has 1 aromatic rings. The van der Waals surface area contributed by atoms with Crippen molar-refractivity contribution in [2.24, 2.45) is 0 Å². The summed E-state index contributed by atoms with van der Waals surface area (Å²) in [6, 6.07) is 0. The molecule has 2 heterocycles. The molecule has 1 fully saturated rings. The molecule has 18 heavy (non-hydrogen) atoms. The number of hydrogen-bond acceptors (Lipinski definition) is 5. The summed E-state index contributed by atoms with van der Waals surface area (Å²) in [4.78, 5) is 2.48. The van der Waals surface area contributed by atoms with Gasteiger partial charge >= 0.3 is 0 Å². The minimum Gasteiger partial charge on any atom is -0.314 e. The lowest BCUT2D eigenvalue weighted by molar-refractivity contribution is 0.244. The van der Waals surface area contributed by atoms with Crippen LogP contribution in [-0.2, 0) is 0 Å². The highest BCUT2D eigenvalue weighted by atomic mass is 16.6. The Morgan fingerprint density at radius 2 is 2.11 bits per heavy atom. The SMILES string of the molecule is C=Cc1nonc1C=C(C)CCN1CCNCC1. The third kappa shape index (κ3) is 3.51. The Morgan fingerprint density at radius 1 is 1.39 bits per heavy atom. The summed E-state index contributed by atoms with van der Waals surface area (Å²) >= 11 is 0. The van der Waals surface area contributed by atoms with Crippen LogP contribution in [0.3, 0.4) is 0 Å². The highest BCUT2D eigenvalue weighted by Gasteiger charge is 2.09. The van der Waals surface area contributed by atoms with Gasteiger partial charge in [0.15, 0.2) is 0 Å². The van der Waals surface area contributed by atoms with Crippen LogP contribution in [0.5, 0.6) is 0 Å². The first-order chi connectivity index (χ1) is 8.79. The molecular weight excluding hydrogens is 228 g/mol. The van der Waals surface area contributed by atoms with Crippen LogP contribution in [0.15, 0.2) is 16.8 Å². The van der Waals surface area contributed by atoms with Crippen LogP contribution in [0.4, 0.5) is 0 Å². The summed E-state index contributed by atoms with van der Waals surface area (Å²) in [5.41, 5.74) is 2.76. The van der Waals surface area contributed by atoms with Gasteiger partial charge in [0, 0.05) is 32.7 Å². The molecule has 5 heteroatoms. The van der Waals surface area contributed by atoms with E-state index in [0.29, 0.717) is 5.69 Å². The average Bonchev–Trinajstić information content (AvgIpc) is 2.85. The molecule has 0 bridgehead atoms. The Morgan fingerprint density at radius 3 is 2.83 bits per heavy atom. The van der Waals surface area contributed by atoms with Gasteiger partial charge in [-0.15, -0.1) is 0 Å². The Hall–Kier alpha value is -1.46. The molecule has 1 aromatic heterocycles. The molecule has 98 valence electrons. The molecule has 1 N–H and O–H groups in total. The normalized spacial score (nSPS) is 17.9. The quantitative estimate of drug-likeness (QED) is 0.854. The molecule has 0 aromatic carbocycles. The van der Waals surface area contributed by atoms with Crippen molar-refractivity contribution in [1.82, 2.24) is 20.5 Å². The lowest BCUT2D eigenvalue weighted by atomic mass is 10.1. The van der Waals surface area contributed by atoms with Gasteiger partial charge in [-0.05, 0) is 35.8 Å². The first-order valence-electron chi connectivity index (χ1n) is 6.35. The predicted molar refractivity (Wildman–Crippen MR) is 72.0 cm³/mol. The number of nitrogens with zero attached hydrogens (tertiary/aromatic N) is 3. The Kier molecular flexibility index (Phi) is 4.66. The number of hydrogen-bond donors (Lipinski definition) is 1. The van der Waals surface area contributed by atoms with Gasteiger partial charge in [-0.2, -0.15) is 0 Å². The van der Waals surface area contributed by atoms with Crippen LogP contribution in [-0.4, -0.2) is 47.9 Å². The highest BCUT2D eigenvalue weighted by molar-refractivity contribution is 5.58. The summed E-state index contributed by atoms with van der Waals surface area (Å²) in [5, 5.41) is 11.0. The van der Waals surface area contributed by atoms with E-state index < -0.39 is 0 Å². The van der Waals surface area contributed by atoms with Gasteiger partial charge < -0.3 is 10.2 Å². The Balaban J connectivity index is 1.86. The molecule has 0 amide bonds. The number of nitrogens with one attached hydrogen (secondary N) is 1. The smallest absolute Gasteiger partial charge is 0.135 e. The van der Waals surface area contributed by atoms with Crippen LogP contribution < -0.4 is 5.32 Å². The molecule has 0 atom stereocenters. The van der Waals surface area contributed by atoms with Crippen molar-refractivity contribution in [1.29, 1.82) is 0 Å². The van der Waals surface area contributed by atoms with Gasteiger partial charge in [-0.3, -0.25) is 0 Å². The van der Waals surface area contributed by atoms with E-state index in [4.69, 9.17) is 4.63 Å². The molecule has 1 aliphatic heterocycles. The van der Waals surface area contributed by atoms with Crippen LogP contribution in [0.2, 0.25) is 0 Å². The maximum absolute atomic E-state index is 4.70. The van der Waals surface area contributed by atoms with Crippen LogP contribution >= 0.6 is 0 Å². The van der Waals surface area contributed by atoms with Gasteiger partial charge in [0.2, 0.25) is 0 Å². The van der Waals surface area contributed by atoms with Gasteiger partial charge in [-0.1, -0.05) is 12.2 Å². The zero-order chi connectivity index (χ0) is 12.8. The minimum atomic E-state index is 0.705. The van der Waals surface area contributed by atoms with E-state index >= 15 is 0 Å². The number of aromatic nitrogens is 2. The summed E-state index contributed by atoms with van der Waals surface area (Å²) in [6.45, 7) is 11.4. The van der Waals surface area contributed by atoms with E-state index in [2.05, 4.69) is 34.0 Å². The average molecular weight is 248 g/mol. The third-order valence-electron chi connectivity index (χ3n) is 3.15. The second kappa shape index (κ2) is 6.47. The van der Waals surface area contributed by atoms with Crippen molar-refractivity contribution in [3.63, 3.8) is 0 Å². The van der Waals surface area contributed by atoms with E-state index in [1.807, 2.05) is 6.08 Å². The van der Waals surface area contributed by atoms with Crippen LogP contribution in [0, 0.1) is 0 Å². The van der Waals surface area contributed by atoms with E-state index in [1.54, 1.807) is 6.08 Å². The monoisotopic (exact) mass is 248 g/mol. The zero-order valence-corrected chi connectivity index (χ0v) is 10.9. The Labute approximate surface area is 108 Å². The molecule has 2 rings (SSSR count). The van der Waals surface area contributed by atoms with Gasteiger partial charge in [0.05, 0.1) is 0 Å². The summed E-state index contributed by atoms with van der Waals surface area (Å²) in [6.07, 6.45) is 4.73. The van der Waals surface area contributed by atoms with Crippen LogP contribution in [0.1, 0.15) is 24.7 Å². The zero-order valence-electron chi connectivity index (χ0n) is 10.9. The molecule has 0 spiro atoms. The predicted octanol–water partition coefficient (Wildman–Crippen LogP) is 1.41. The van der Waals surface area contributed by atoms with Gasteiger partial charge in [0.25, 0.3) is 0 Å². The summed E-state index contributed by atoms with van der Waals surface area (Å²) in [5.74, 6) is 0. The largest absolute Gasteiger partial charge is 0.314 e. The fraction of sp³-hybridized carbons (Fsp3) is 0.538. The standard InChI is InChI=1S/C13H20N4O/c1-3-12-13(16-18-15-12)10-11(2)4-7-17-8-5-14-6-9-17/h3,10,14H,1,4-9H2,2H3. The van der Waals surface area contributed by atoms with Gasteiger partial charge in [-0.25, -0.2) is 4.63 Å². The third-order valence-corrected chi connectivity index (χ3v) is 3.15. The molecule has 0 radical (unpaired) electrons. The van der Waals surface area contributed by atoms with Crippen LogP contribution in [0.25, 0.3) is 12.2 Å². The number of piperazine rings is 1. The fourth-order valence-corrected chi connectivity index (χ4v) is 2.02. The Bertz CT molecular complexity index is 418. The lowest BCUT2D eigenvalue weighted by Gasteiger charge is -2.27. The van der Waals surface area contributed by atoms with Crippen molar-refractivity contribution in [3.05, 3.63) is 23.5 Å². The van der Waals surface area contributed by atoms with Crippen molar-refractivity contribution in [2.45, 2.75) is 13.3 Å². The first kappa shape index (κ1) is 13.0.